The third-order valence-corrected chi connectivity index (χ3v) is 7.83. The number of amides is 3. The third-order valence-electron chi connectivity index (χ3n) is 7.83. The average Bonchev–Trinajstić information content (AvgIpc) is 3.22. The summed E-state index contributed by atoms with van der Waals surface area (Å²) < 4.78 is 0. The summed E-state index contributed by atoms with van der Waals surface area (Å²) in [4.78, 5) is 47.9. The molecule has 0 saturated heterocycles. The highest BCUT2D eigenvalue weighted by Crippen LogP contribution is 2.41. The molecule has 6 rings (SSSR count). The second-order valence-electron chi connectivity index (χ2n) is 10.2. The normalized spacial score (nSPS) is 18.0. The lowest BCUT2D eigenvalue weighted by atomic mass is 9.76. The lowest BCUT2D eigenvalue weighted by Crippen LogP contribution is -2.47. The number of hydrogen-bond acceptors (Lipinski definition) is 4. The zero-order valence-corrected chi connectivity index (χ0v) is 21.6. The molecule has 0 spiro atoms. The fourth-order valence-electron chi connectivity index (χ4n) is 5.97. The van der Waals surface area contributed by atoms with E-state index >= 15 is 0 Å². The Morgan fingerprint density at radius 3 is 2.21 bits per heavy atom. The van der Waals surface area contributed by atoms with Gasteiger partial charge in [-0.15, -0.1) is 0 Å². The molecule has 0 bridgehead atoms. The van der Waals surface area contributed by atoms with Crippen LogP contribution >= 0.6 is 0 Å². The van der Waals surface area contributed by atoms with Crippen molar-refractivity contribution in [3.05, 3.63) is 137 Å². The highest BCUT2D eigenvalue weighted by molar-refractivity contribution is 6.22. The number of aryl methyl sites for hydroxylation is 1. The van der Waals surface area contributed by atoms with Gasteiger partial charge in [0.2, 0.25) is 5.91 Å². The van der Waals surface area contributed by atoms with E-state index in [4.69, 9.17) is 0 Å². The van der Waals surface area contributed by atoms with Gasteiger partial charge in [-0.2, -0.15) is 0 Å². The highest BCUT2D eigenvalue weighted by Gasteiger charge is 2.41. The van der Waals surface area contributed by atoms with E-state index < -0.39 is 11.8 Å². The molecule has 3 aromatic carbocycles. The Morgan fingerprint density at radius 1 is 0.821 bits per heavy atom. The van der Waals surface area contributed by atoms with E-state index in [2.05, 4.69) is 29.2 Å². The lowest BCUT2D eigenvalue weighted by molar-refractivity contribution is -0.136. The molecule has 2 unspecified atom stereocenters. The van der Waals surface area contributed by atoms with Crippen molar-refractivity contribution in [3.63, 3.8) is 0 Å². The fraction of sp³-hybridized carbons (Fsp3) is 0.212. The number of carbonyl (C=O) groups is 3. The Morgan fingerprint density at radius 2 is 1.49 bits per heavy atom. The van der Waals surface area contributed by atoms with Crippen LogP contribution in [0.2, 0.25) is 0 Å². The first-order valence-corrected chi connectivity index (χ1v) is 13.4. The maximum atomic E-state index is 14.2. The Balaban J connectivity index is 1.38. The molecule has 1 aliphatic heterocycles. The zero-order chi connectivity index (χ0) is 26.8. The molecule has 2 atom stereocenters. The van der Waals surface area contributed by atoms with E-state index in [0.29, 0.717) is 11.1 Å². The minimum atomic E-state index is -0.424. The van der Waals surface area contributed by atoms with Gasteiger partial charge >= 0.3 is 0 Å². The van der Waals surface area contributed by atoms with Crippen LogP contribution in [-0.2, 0) is 24.2 Å². The van der Waals surface area contributed by atoms with E-state index in [0.717, 1.165) is 35.4 Å². The Kier molecular flexibility index (Phi) is 6.76. The summed E-state index contributed by atoms with van der Waals surface area (Å²) in [5, 5.41) is 0. The van der Waals surface area contributed by atoms with Gasteiger partial charge in [-0.1, -0.05) is 72.8 Å². The van der Waals surface area contributed by atoms with Crippen LogP contribution in [0.1, 0.15) is 55.6 Å². The largest absolute Gasteiger partial charge is 0.328 e. The summed E-state index contributed by atoms with van der Waals surface area (Å²) in [6, 6.07) is 30.8. The summed E-state index contributed by atoms with van der Waals surface area (Å²) in [5.74, 6) is -0.953. The van der Waals surface area contributed by atoms with Crippen LogP contribution < -0.4 is 0 Å². The van der Waals surface area contributed by atoms with Crippen molar-refractivity contribution >= 4 is 17.7 Å². The molecule has 4 aromatic rings. The first-order valence-electron chi connectivity index (χ1n) is 13.4. The van der Waals surface area contributed by atoms with Crippen LogP contribution in [0.4, 0.5) is 0 Å². The van der Waals surface area contributed by atoms with Gasteiger partial charge < -0.3 is 4.90 Å². The second-order valence-corrected chi connectivity index (χ2v) is 10.2. The quantitative estimate of drug-likeness (QED) is 0.315. The minimum absolute atomic E-state index is 0.164. The van der Waals surface area contributed by atoms with Gasteiger partial charge in [0.15, 0.2) is 0 Å². The second kappa shape index (κ2) is 10.7. The molecule has 2 heterocycles. The van der Waals surface area contributed by atoms with Crippen molar-refractivity contribution in [2.45, 2.75) is 31.8 Å². The molecule has 0 radical (unpaired) electrons. The average molecular weight is 516 g/mol. The Labute approximate surface area is 227 Å². The maximum absolute atomic E-state index is 14.2. The molecule has 6 heteroatoms. The molecule has 2 aliphatic rings. The maximum Gasteiger partial charge on any atom is 0.262 e. The van der Waals surface area contributed by atoms with Gasteiger partial charge in [0.05, 0.1) is 29.4 Å². The molecule has 194 valence electrons. The number of imide groups is 1. The van der Waals surface area contributed by atoms with Crippen molar-refractivity contribution in [1.82, 2.24) is 14.8 Å². The Bertz CT molecular complexity index is 1480. The lowest BCUT2D eigenvalue weighted by Gasteiger charge is -2.42. The fourth-order valence-corrected chi connectivity index (χ4v) is 5.97. The van der Waals surface area contributed by atoms with E-state index in [1.165, 1.54) is 11.1 Å². The molecular formula is C33H29N3O3. The molecule has 0 saturated carbocycles. The molecule has 39 heavy (non-hydrogen) atoms. The zero-order valence-electron chi connectivity index (χ0n) is 21.6. The predicted molar refractivity (Wildman–Crippen MR) is 148 cm³/mol. The van der Waals surface area contributed by atoms with Gasteiger partial charge in [-0.25, -0.2) is 0 Å². The molecule has 6 nitrogen and oxygen atoms in total. The Hall–Kier alpha value is -4.58. The topological polar surface area (TPSA) is 70.6 Å². The monoisotopic (exact) mass is 515 g/mol. The van der Waals surface area contributed by atoms with Crippen molar-refractivity contribution < 1.29 is 14.4 Å². The van der Waals surface area contributed by atoms with Gasteiger partial charge in [0.1, 0.15) is 6.54 Å². The van der Waals surface area contributed by atoms with Crippen molar-refractivity contribution in [3.8, 4) is 0 Å². The standard InChI is InChI=1S/C33H29N3O3/c37-30(22-36-32(38)28-15-6-7-16-29(28)33(36)39)35(21-26-13-8-9-19-34-26)31-25(20-23-10-2-1-3-11-23)18-17-24-12-4-5-14-27(24)31/h1-16,19,25,31H,17-18,20-22H2. The number of hydrogen-bond donors (Lipinski definition) is 0. The number of fused-ring (bicyclic) bond motifs is 2. The van der Waals surface area contributed by atoms with Gasteiger partial charge in [-0.3, -0.25) is 24.3 Å². The van der Waals surface area contributed by atoms with Crippen molar-refractivity contribution in [2.75, 3.05) is 6.54 Å². The summed E-state index contributed by atoms with van der Waals surface area (Å²) in [6.07, 6.45) is 4.40. The predicted octanol–water partition coefficient (Wildman–Crippen LogP) is 5.25. The number of nitrogens with zero attached hydrogens (tertiary/aromatic N) is 3. The highest BCUT2D eigenvalue weighted by atomic mass is 16.2. The molecule has 3 amide bonds. The van der Waals surface area contributed by atoms with E-state index in [9.17, 15) is 14.4 Å². The SMILES string of the molecule is O=C1c2ccccc2C(=O)N1CC(=O)N(Cc1ccccn1)C1c2ccccc2CCC1Cc1ccccc1. The van der Waals surface area contributed by atoms with Gasteiger partial charge in [0.25, 0.3) is 11.8 Å². The molecule has 1 aromatic heterocycles. The minimum Gasteiger partial charge on any atom is -0.328 e. The molecule has 0 fully saturated rings. The summed E-state index contributed by atoms with van der Waals surface area (Å²) in [5.41, 5.74) is 5.02. The summed E-state index contributed by atoms with van der Waals surface area (Å²) >= 11 is 0. The first kappa shape index (κ1) is 24.7. The van der Waals surface area contributed by atoms with Crippen molar-refractivity contribution in [1.29, 1.82) is 0 Å². The van der Waals surface area contributed by atoms with Crippen LogP contribution in [0, 0.1) is 5.92 Å². The summed E-state index contributed by atoms with van der Waals surface area (Å²) in [6.45, 7) is -0.0248. The van der Waals surface area contributed by atoms with Crippen molar-refractivity contribution in [2.24, 2.45) is 5.92 Å². The van der Waals surface area contributed by atoms with Crippen LogP contribution in [0.15, 0.2) is 103 Å². The van der Waals surface area contributed by atoms with Gasteiger partial charge in [0, 0.05) is 6.20 Å². The van der Waals surface area contributed by atoms with E-state index in [1.807, 2.05) is 53.4 Å². The molecular weight excluding hydrogens is 486 g/mol. The number of rotatable bonds is 7. The van der Waals surface area contributed by atoms with E-state index in [1.54, 1.807) is 30.5 Å². The van der Waals surface area contributed by atoms with Crippen LogP contribution in [0.3, 0.4) is 0 Å². The van der Waals surface area contributed by atoms with E-state index in [-0.39, 0.29) is 31.0 Å². The molecule has 0 N–H and O–H groups in total. The van der Waals surface area contributed by atoms with Gasteiger partial charge in [-0.05, 0) is 66.1 Å². The number of aromatic nitrogens is 1. The number of carbonyl (C=O) groups excluding carboxylic acids is 3. The molecule has 1 aliphatic carbocycles. The smallest absolute Gasteiger partial charge is 0.262 e. The van der Waals surface area contributed by atoms with Crippen LogP contribution in [-0.4, -0.2) is 39.1 Å². The summed E-state index contributed by atoms with van der Waals surface area (Å²) in [7, 11) is 0. The first-order chi connectivity index (χ1) is 19.1. The van der Waals surface area contributed by atoms with Crippen LogP contribution in [0.5, 0.6) is 0 Å². The number of pyridine rings is 1. The number of benzene rings is 3. The third kappa shape index (κ3) is 4.86. The van der Waals surface area contributed by atoms with Crippen LogP contribution in [0.25, 0.3) is 0 Å².